The Balaban J connectivity index is 1.75. The zero-order chi connectivity index (χ0) is 16.4. The third kappa shape index (κ3) is 1.93. The molecule has 4 rings (SSSR count). The van der Waals surface area contributed by atoms with E-state index in [9.17, 15) is 14.8 Å². The summed E-state index contributed by atoms with van der Waals surface area (Å²) in [5.74, 6) is 2.11. The smallest absolute Gasteiger partial charge is 0.139 e. The fourth-order valence-corrected chi connectivity index (χ4v) is 6.63. The summed E-state index contributed by atoms with van der Waals surface area (Å²) in [6.07, 6.45) is 6.66. The standard InChI is InChI=1S/C19H27NO3/c1-18-7-5-12(21)9-11(18)10-15(20-23)17-13-3-4-16(22)19(13,2)8-6-14(17)18/h11,13-14,17,23H,3-10H2,1-2H3/t11?,13-,14-,17-,18-,19-/m0/s1. The first-order valence-corrected chi connectivity index (χ1v) is 9.16. The molecule has 0 aliphatic heterocycles. The van der Waals surface area contributed by atoms with Gasteiger partial charge in [0.15, 0.2) is 0 Å². The van der Waals surface area contributed by atoms with Crippen molar-refractivity contribution in [1.82, 2.24) is 0 Å². The van der Waals surface area contributed by atoms with Crippen LogP contribution in [0, 0.1) is 34.5 Å². The van der Waals surface area contributed by atoms with Crippen molar-refractivity contribution in [3.63, 3.8) is 0 Å². The van der Waals surface area contributed by atoms with Gasteiger partial charge < -0.3 is 5.21 Å². The Labute approximate surface area is 137 Å². The predicted octanol–water partition coefficient (Wildman–Crippen LogP) is 3.61. The van der Waals surface area contributed by atoms with Gasteiger partial charge in [0, 0.05) is 30.6 Å². The molecule has 0 bridgehead atoms. The summed E-state index contributed by atoms with van der Waals surface area (Å²) < 4.78 is 0. The van der Waals surface area contributed by atoms with Crippen LogP contribution in [0.3, 0.4) is 0 Å². The molecule has 1 N–H and O–H groups in total. The van der Waals surface area contributed by atoms with E-state index in [1.807, 2.05) is 0 Å². The Hall–Kier alpha value is -1.19. The van der Waals surface area contributed by atoms with E-state index in [0.717, 1.165) is 37.8 Å². The van der Waals surface area contributed by atoms with E-state index < -0.39 is 0 Å². The average molecular weight is 317 g/mol. The maximum atomic E-state index is 12.5. The molecule has 23 heavy (non-hydrogen) atoms. The number of carbonyl (C=O) groups is 2. The van der Waals surface area contributed by atoms with E-state index in [0.29, 0.717) is 48.6 Å². The van der Waals surface area contributed by atoms with Crippen LogP contribution in [0.15, 0.2) is 5.16 Å². The minimum Gasteiger partial charge on any atom is -0.411 e. The normalized spacial score (nSPS) is 51.3. The van der Waals surface area contributed by atoms with Crippen molar-refractivity contribution in [3.05, 3.63) is 0 Å². The van der Waals surface area contributed by atoms with Crippen LogP contribution >= 0.6 is 0 Å². The van der Waals surface area contributed by atoms with Gasteiger partial charge >= 0.3 is 0 Å². The van der Waals surface area contributed by atoms with Crippen LogP contribution in [0.2, 0.25) is 0 Å². The molecule has 4 saturated carbocycles. The van der Waals surface area contributed by atoms with Crippen LogP contribution in [0.5, 0.6) is 0 Å². The molecule has 0 amide bonds. The lowest BCUT2D eigenvalue weighted by Crippen LogP contribution is -2.57. The number of fused-ring (bicyclic) bond motifs is 5. The summed E-state index contributed by atoms with van der Waals surface area (Å²) in [6.45, 7) is 4.49. The van der Waals surface area contributed by atoms with Crippen molar-refractivity contribution in [2.75, 3.05) is 0 Å². The highest BCUT2D eigenvalue weighted by molar-refractivity contribution is 5.93. The molecule has 0 spiro atoms. The molecule has 126 valence electrons. The zero-order valence-electron chi connectivity index (χ0n) is 14.2. The number of carbonyl (C=O) groups excluding carboxylic acids is 2. The summed E-state index contributed by atoms with van der Waals surface area (Å²) in [5, 5.41) is 13.3. The van der Waals surface area contributed by atoms with Gasteiger partial charge in [-0.05, 0) is 55.3 Å². The van der Waals surface area contributed by atoms with Gasteiger partial charge in [0.05, 0.1) is 5.71 Å². The van der Waals surface area contributed by atoms with Crippen LogP contribution < -0.4 is 0 Å². The van der Waals surface area contributed by atoms with E-state index in [1.54, 1.807) is 0 Å². The molecule has 0 aromatic heterocycles. The first-order chi connectivity index (χ1) is 10.9. The molecule has 4 nitrogen and oxygen atoms in total. The molecule has 4 aliphatic rings. The van der Waals surface area contributed by atoms with Crippen molar-refractivity contribution in [1.29, 1.82) is 0 Å². The molecule has 4 aliphatic carbocycles. The lowest BCUT2D eigenvalue weighted by Gasteiger charge is -2.59. The second kappa shape index (κ2) is 4.90. The van der Waals surface area contributed by atoms with E-state index in [-0.39, 0.29) is 16.7 Å². The highest BCUT2D eigenvalue weighted by Crippen LogP contribution is 2.64. The minimum atomic E-state index is -0.217. The Morgan fingerprint density at radius 3 is 2.57 bits per heavy atom. The monoisotopic (exact) mass is 317 g/mol. The number of oxime groups is 1. The lowest BCUT2D eigenvalue weighted by molar-refractivity contribution is -0.135. The van der Waals surface area contributed by atoms with E-state index in [2.05, 4.69) is 19.0 Å². The molecular formula is C19H27NO3. The maximum absolute atomic E-state index is 12.5. The molecular weight excluding hydrogens is 290 g/mol. The van der Waals surface area contributed by atoms with Crippen LogP contribution in [0.25, 0.3) is 0 Å². The Morgan fingerprint density at radius 1 is 1.04 bits per heavy atom. The Kier molecular flexibility index (Phi) is 3.27. The van der Waals surface area contributed by atoms with Crippen molar-refractivity contribution >= 4 is 17.3 Å². The summed E-state index contributed by atoms with van der Waals surface area (Å²) in [5.41, 5.74) is 0.822. The third-order valence-electron chi connectivity index (χ3n) is 8.14. The number of Topliss-reactive ketones (excluding diaryl/α,β-unsaturated/α-hetero) is 2. The van der Waals surface area contributed by atoms with Crippen LogP contribution in [-0.2, 0) is 9.59 Å². The fourth-order valence-electron chi connectivity index (χ4n) is 6.63. The van der Waals surface area contributed by atoms with Crippen LogP contribution in [-0.4, -0.2) is 22.5 Å². The minimum absolute atomic E-state index is 0.166. The predicted molar refractivity (Wildman–Crippen MR) is 86.3 cm³/mol. The second-order valence-corrected chi connectivity index (χ2v) is 8.90. The van der Waals surface area contributed by atoms with Gasteiger partial charge in [-0.15, -0.1) is 0 Å². The van der Waals surface area contributed by atoms with Gasteiger partial charge in [-0.1, -0.05) is 19.0 Å². The number of hydrogen-bond donors (Lipinski definition) is 1. The zero-order valence-corrected chi connectivity index (χ0v) is 14.2. The molecule has 1 unspecified atom stereocenters. The van der Waals surface area contributed by atoms with Crippen molar-refractivity contribution < 1.29 is 14.8 Å². The molecule has 0 radical (unpaired) electrons. The topological polar surface area (TPSA) is 66.7 Å². The van der Waals surface area contributed by atoms with Crippen LogP contribution in [0.1, 0.15) is 65.2 Å². The lowest BCUT2D eigenvalue weighted by atomic mass is 9.45. The Morgan fingerprint density at radius 2 is 1.83 bits per heavy atom. The first-order valence-electron chi connectivity index (χ1n) is 9.16. The number of rotatable bonds is 0. The van der Waals surface area contributed by atoms with Gasteiger partial charge in [0.1, 0.15) is 11.6 Å². The van der Waals surface area contributed by atoms with E-state index in [4.69, 9.17) is 0 Å². The van der Waals surface area contributed by atoms with E-state index in [1.165, 1.54) is 0 Å². The fraction of sp³-hybridized carbons (Fsp3) is 0.842. The first kappa shape index (κ1) is 15.3. The summed E-state index contributed by atoms with van der Waals surface area (Å²) in [6, 6.07) is 0. The summed E-state index contributed by atoms with van der Waals surface area (Å²) in [7, 11) is 0. The molecule has 4 fully saturated rings. The summed E-state index contributed by atoms with van der Waals surface area (Å²) >= 11 is 0. The quantitative estimate of drug-likeness (QED) is 0.548. The van der Waals surface area contributed by atoms with Crippen molar-refractivity contribution in [2.24, 2.45) is 39.7 Å². The van der Waals surface area contributed by atoms with Gasteiger partial charge in [0.25, 0.3) is 0 Å². The molecule has 0 heterocycles. The van der Waals surface area contributed by atoms with Gasteiger partial charge in [-0.25, -0.2) is 0 Å². The van der Waals surface area contributed by atoms with Crippen molar-refractivity contribution in [3.8, 4) is 0 Å². The van der Waals surface area contributed by atoms with Gasteiger partial charge in [-0.2, -0.15) is 0 Å². The third-order valence-corrected chi connectivity index (χ3v) is 8.14. The van der Waals surface area contributed by atoms with Gasteiger partial charge in [0.2, 0.25) is 0 Å². The molecule has 0 saturated heterocycles. The molecule has 6 atom stereocenters. The van der Waals surface area contributed by atoms with Gasteiger partial charge in [-0.3, -0.25) is 9.59 Å². The average Bonchev–Trinajstić information content (AvgIpc) is 2.83. The SMILES string of the molecule is C[C@]12CCC(=O)CC1CC(=NO)[C@@H]1[C@@H]2CC[C@]2(C)C(=O)CC[C@@H]12. The number of nitrogens with zero attached hydrogens (tertiary/aromatic N) is 1. The maximum Gasteiger partial charge on any atom is 0.139 e. The second-order valence-electron chi connectivity index (χ2n) is 8.90. The van der Waals surface area contributed by atoms with Crippen LogP contribution in [0.4, 0.5) is 0 Å². The number of hydrogen-bond acceptors (Lipinski definition) is 4. The molecule has 0 aromatic carbocycles. The highest BCUT2D eigenvalue weighted by Gasteiger charge is 2.62. The largest absolute Gasteiger partial charge is 0.411 e. The summed E-state index contributed by atoms with van der Waals surface area (Å²) in [4.78, 5) is 24.4. The number of ketones is 2. The van der Waals surface area contributed by atoms with Crippen molar-refractivity contribution in [2.45, 2.75) is 65.2 Å². The molecule has 4 heteroatoms. The molecule has 0 aromatic rings. The highest BCUT2D eigenvalue weighted by atomic mass is 16.4. The van der Waals surface area contributed by atoms with E-state index >= 15 is 0 Å². The Bertz CT molecular complexity index is 597.